The molecular formula is C10H9NO5S. The predicted octanol–water partition coefficient (Wildman–Crippen LogP) is 1.10. The number of carboxylic acid groups (broad SMARTS) is 2. The van der Waals surface area contributed by atoms with Crippen LogP contribution in [0.4, 0.5) is 5.00 Å². The summed E-state index contributed by atoms with van der Waals surface area (Å²) in [7, 11) is 0. The van der Waals surface area contributed by atoms with Gasteiger partial charge in [0.15, 0.2) is 6.61 Å². The number of rotatable bonds is 4. The lowest BCUT2D eigenvalue weighted by atomic mass is 10.1. The number of carbonyl (C=O) groups is 2. The van der Waals surface area contributed by atoms with E-state index in [-0.39, 0.29) is 5.57 Å². The van der Waals surface area contributed by atoms with Gasteiger partial charge in [-0.05, 0) is 17.0 Å². The first-order valence-corrected chi connectivity index (χ1v) is 5.60. The van der Waals surface area contributed by atoms with Crippen LogP contribution in [0, 0.1) is 0 Å². The summed E-state index contributed by atoms with van der Waals surface area (Å²) in [5.74, 6) is -2.15. The first-order chi connectivity index (χ1) is 8.08. The van der Waals surface area contributed by atoms with E-state index in [2.05, 4.69) is 0 Å². The van der Waals surface area contributed by atoms with Gasteiger partial charge in [0.25, 0.3) is 0 Å². The summed E-state index contributed by atoms with van der Waals surface area (Å²) in [6, 6.07) is 1.80. The third-order valence-electron chi connectivity index (χ3n) is 2.18. The summed E-state index contributed by atoms with van der Waals surface area (Å²) < 4.78 is 0. The highest BCUT2D eigenvalue weighted by Gasteiger charge is 2.23. The molecule has 1 aliphatic heterocycles. The molecule has 6 nitrogen and oxygen atoms in total. The van der Waals surface area contributed by atoms with Gasteiger partial charge in [-0.2, -0.15) is 0 Å². The lowest BCUT2D eigenvalue weighted by Crippen LogP contribution is -2.26. The van der Waals surface area contributed by atoms with Crippen LogP contribution in [0.25, 0.3) is 0 Å². The van der Waals surface area contributed by atoms with Crippen molar-refractivity contribution in [3.05, 3.63) is 28.8 Å². The van der Waals surface area contributed by atoms with Crippen molar-refractivity contribution < 1.29 is 24.6 Å². The summed E-state index contributed by atoms with van der Waals surface area (Å²) >= 11 is 1.37. The Balaban J connectivity index is 2.23. The lowest BCUT2D eigenvalue weighted by Gasteiger charge is -2.23. The molecule has 2 N–H and O–H groups in total. The summed E-state index contributed by atoms with van der Waals surface area (Å²) in [5, 5.41) is 21.2. The van der Waals surface area contributed by atoms with Crippen LogP contribution in [-0.4, -0.2) is 28.8 Å². The molecule has 0 bridgehead atoms. The molecule has 2 rings (SSSR count). The van der Waals surface area contributed by atoms with Crippen LogP contribution in [-0.2, 0) is 20.8 Å². The fourth-order valence-electron chi connectivity index (χ4n) is 1.46. The molecule has 0 amide bonds. The van der Waals surface area contributed by atoms with E-state index in [0.717, 1.165) is 10.6 Å². The van der Waals surface area contributed by atoms with E-state index in [0.29, 0.717) is 6.42 Å². The van der Waals surface area contributed by atoms with Gasteiger partial charge >= 0.3 is 11.9 Å². The number of hydroxylamine groups is 1. The standard InChI is InChI=1S/C10H9NO5S/c12-8(13)5-16-11-4-7(10(14)15)3-6-1-2-17-9(6)11/h1-2,4H,3,5H2,(H,12,13)(H,14,15). The van der Waals surface area contributed by atoms with E-state index in [4.69, 9.17) is 15.1 Å². The molecule has 0 spiro atoms. The number of fused-ring (bicyclic) bond motifs is 1. The van der Waals surface area contributed by atoms with Crippen LogP contribution in [0.2, 0.25) is 0 Å². The molecule has 90 valence electrons. The Morgan fingerprint density at radius 2 is 2.24 bits per heavy atom. The van der Waals surface area contributed by atoms with E-state index in [1.165, 1.54) is 22.6 Å². The normalized spacial score (nSPS) is 14.1. The number of anilines is 1. The molecule has 0 radical (unpaired) electrons. The molecule has 0 unspecified atom stereocenters. The zero-order chi connectivity index (χ0) is 12.4. The van der Waals surface area contributed by atoms with Crippen molar-refractivity contribution in [2.24, 2.45) is 0 Å². The Morgan fingerprint density at radius 1 is 1.47 bits per heavy atom. The highest BCUT2D eigenvalue weighted by molar-refractivity contribution is 7.14. The van der Waals surface area contributed by atoms with Gasteiger partial charge in [0.05, 0.1) is 5.57 Å². The average Bonchev–Trinajstić information content (AvgIpc) is 2.73. The number of thiophene rings is 1. The monoisotopic (exact) mass is 255 g/mol. The van der Waals surface area contributed by atoms with Crippen molar-refractivity contribution in [1.82, 2.24) is 0 Å². The molecule has 7 heteroatoms. The Bertz CT molecular complexity index is 493. The smallest absolute Gasteiger partial charge is 0.333 e. The lowest BCUT2D eigenvalue weighted by molar-refractivity contribution is -0.142. The molecule has 0 aliphatic carbocycles. The van der Waals surface area contributed by atoms with Gasteiger partial charge in [-0.3, -0.25) is 4.84 Å². The number of nitrogens with zero attached hydrogens (tertiary/aromatic N) is 1. The average molecular weight is 255 g/mol. The van der Waals surface area contributed by atoms with Crippen LogP contribution < -0.4 is 5.06 Å². The topological polar surface area (TPSA) is 87.1 Å². The van der Waals surface area contributed by atoms with Crippen LogP contribution in [0.15, 0.2) is 23.2 Å². The minimum absolute atomic E-state index is 0.168. The van der Waals surface area contributed by atoms with E-state index in [9.17, 15) is 9.59 Å². The minimum atomic E-state index is -1.11. The quantitative estimate of drug-likeness (QED) is 0.837. The fraction of sp³-hybridized carbons (Fsp3) is 0.200. The maximum absolute atomic E-state index is 10.9. The Hall–Kier alpha value is -1.86. The molecule has 1 aromatic rings. The second kappa shape index (κ2) is 4.56. The zero-order valence-corrected chi connectivity index (χ0v) is 9.44. The first kappa shape index (κ1) is 11.6. The van der Waals surface area contributed by atoms with Gasteiger partial charge in [-0.15, -0.1) is 11.3 Å². The van der Waals surface area contributed by atoms with Gasteiger partial charge in [0.1, 0.15) is 5.00 Å². The molecule has 0 atom stereocenters. The SMILES string of the molecule is O=C(O)CON1C=C(C(=O)O)Cc2ccsc21. The van der Waals surface area contributed by atoms with Crippen molar-refractivity contribution in [3.63, 3.8) is 0 Å². The largest absolute Gasteiger partial charge is 0.479 e. The van der Waals surface area contributed by atoms with Gasteiger partial charge < -0.3 is 10.2 Å². The van der Waals surface area contributed by atoms with Crippen molar-refractivity contribution in [1.29, 1.82) is 0 Å². The van der Waals surface area contributed by atoms with Crippen LogP contribution in [0.3, 0.4) is 0 Å². The highest BCUT2D eigenvalue weighted by Crippen LogP contribution is 2.34. The summed E-state index contributed by atoms with van der Waals surface area (Å²) in [5.41, 5.74) is 0.988. The summed E-state index contributed by atoms with van der Waals surface area (Å²) in [6.45, 7) is -0.513. The Labute approximate surface area is 100 Å². The number of carboxylic acids is 2. The van der Waals surface area contributed by atoms with Crippen molar-refractivity contribution >= 4 is 28.3 Å². The molecule has 0 fully saturated rings. The first-order valence-electron chi connectivity index (χ1n) is 4.72. The minimum Gasteiger partial charge on any atom is -0.479 e. The maximum atomic E-state index is 10.9. The molecule has 0 saturated heterocycles. The highest BCUT2D eigenvalue weighted by atomic mass is 32.1. The number of hydrogen-bond donors (Lipinski definition) is 2. The second-order valence-corrected chi connectivity index (χ2v) is 4.27. The van der Waals surface area contributed by atoms with Crippen molar-refractivity contribution in [2.75, 3.05) is 11.7 Å². The van der Waals surface area contributed by atoms with Crippen molar-refractivity contribution in [3.8, 4) is 0 Å². The van der Waals surface area contributed by atoms with Gasteiger partial charge in [0.2, 0.25) is 0 Å². The molecule has 2 heterocycles. The van der Waals surface area contributed by atoms with Crippen LogP contribution in [0.5, 0.6) is 0 Å². The Kier molecular flexibility index (Phi) is 3.12. The fourth-order valence-corrected chi connectivity index (χ4v) is 2.32. The molecule has 1 aliphatic rings. The number of hydrogen-bond acceptors (Lipinski definition) is 5. The number of aliphatic carboxylic acids is 2. The molecule has 0 saturated carbocycles. The maximum Gasteiger partial charge on any atom is 0.333 e. The Morgan fingerprint density at radius 3 is 2.88 bits per heavy atom. The molecule has 0 aromatic carbocycles. The van der Waals surface area contributed by atoms with E-state index in [1.807, 2.05) is 0 Å². The van der Waals surface area contributed by atoms with Crippen LogP contribution >= 0.6 is 11.3 Å². The third kappa shape index (κ3) is 2.45. The van der Waals surface area contributed by atoms with Gasteiger partial charge in [-0.25, -0.2) is 14.7 Å². The van der Waals surface area contributed by atoms with Gasteiger partial charge in [0, 0.05) is 12.6 Å². The van der Waals surface area contributed by atoms with Crippen molar-refractivity contribution in [2.45, 2.75) is 6.42 Å². The second-order valence-electron chi connectivity index (χ2n) is 3.38. The summed E-state index contributed by atoms with van der Waals surface area (Å²) in [4.78, 5) is 26.3. The van der Waals surface area contributed by atoms with E-state index < -0.39 is 18.5 Å². The third-order valence-corrected chi connectivity index (χ3v) is 3.12. The predicted molar refractivity (Wildman–Crippen MR) is 59.8 cm³/mol. The van der Waals surface area contributed by atoms with E-state index in [1.54, 1.807) is 11.4 Å². The van der Waals surface area contributed by atoms with Crippen LogP contribution in [0.1, 0.15) is 5.56 Å². The molecule has 17 heavy (non-hydrogen) atoms. The molecular weight excluding hydrogens is 246 g/mol. The zero-order valence-electron chi connectivity index (χ0n) is 8.62. The summed E-state index contributed by atoms with van der Waals surface area (Å²) in [6.07, 6.45) is 1.63. The molecule has 1 aromatic heterocycles. The van der Waals surface area contributed by atoms with E-state index >= 15 is 0 Å². The van der Waals surface area contributed by atoms with Gasteiger partial charge in [-0.1, -0.05) is 0 Å².